The molecule has 10 heteroatoms. The van der Waals surface area contributed by atoms with Crippen molar-refractivity contribution in [2.75, 3.05) is 24.7 Å². The molecule has 2 amide bonds. The Morgan fingerprint density at radius 3 is 2.70 bits per heavy atom. The van der Waals surface area contributed by atoms with E-state index in [4.69, 9.17) is 0 Å². The summed E-state index contributed by atoms with van der Waals surface area (Å²) in [5.74, 6) is -1.00. The molecule has 0 aliphatic carbocycles. The predicted molar refractivity (Wildman–Crippen MR) is 101 cm³/mol. The average Bonchev–Trinajstić information content (AvgIpc) is 2.99. The molecule has 0 saturated heterocycles. The molecule has 1 aromatic heterocycles. The summed E-state index contributed by atoms with van der Waals surface area (Å²) in [5, 5.41) is 9.36. The molecule has 27 heavy (non-hydrogen) atoms. The number of nitrogens with zero attached hydrogens (tertiary/aromatic N) is 3. The smallest absolute Gasteiger partial charge is 0.336 e. The highest BCUT2D eigenvalue weighted by Crippen LogP contribution is 2.14. The minimum absolute atomic E-state index is 0.0523. The number of rotatable bonds is 9. The van der Waals surface area contributed by atoms with E-state index in [-0.39, 0.29) is 29.8 Å². The van der Waals surface area contributed by atoms with Gasteiger partial charge in [0.1, 0.15) is 5.82 Å². The van der Waals surface area contributed by atoms with Gasteiger partial charge in [0.2, 0.25) is 11.8 Å². The van der Waals surface area contributed by atoms with E-state index in [1.807, 2.05) is 6.92 Å². The summed E-state index contributed by atoms with van der Waals surface area (Å²) in [6, 6.07) is 5.36. The second kappa shape index (κ2) is 9.91. The van der Waals surface area contributed by atoms with E-state index < -0.39 is 5.82 Å². The van der Waals surface area contributed by atoms with E-state index in [9.17, 15) is 18.8 Å². The Kier molecular flexibility index (Phi) is 7.59. The van der Waals surface area contributed by atoms with Gasteiger partial charge in [-0.1, -0.05) is 25.1 Å². The fourth-order valence-electron chi connectivity index (χ4n) is 2.20. The van der Waals surface area contributed by atoms with Crippen LogP contribution in [0.2, 0.25) is 0 Å². The molecule has 0 aliphatic rings. The molecule has 2 N–H and O–H groups in total. The molecule has 0 aliphatic heterocycles. The van der Waals surface area contributed by atoms with E-state index in [1.165, 1.54) is 40.8 Å². The normalized spacial score (nSPS) is 10.6. The molecule has 0 atom stereocenters. The molecule has 0 radical (unpaired) electrons. The zero-order valence-corrected chi connectivity index (χ0v) is 16.0. The Morgan fingerprint density at radius 2 is 2.04 bits per heavy atom. The van der Waals surface area contributed by atoms with Gasteiger partial charge in [-0.15, -0.1) is 5.10 Å². The minimum Gasteiger partial charge on any atom is -0.336 e. The van der Waals surface area contributed by atoms with Crippen molar-refractivity contribution in [3.05, 3.63) is 40.6 Å². The first kappa shape index (κ1) is 20.7. The molecule has 2 rings (SSSR count). The van der Waals surface area contributed by atoms with Gasteiger partial charge in [0.05, 0.1) is 12.3 Å². The molecule has 0 unspecified atom stereocenters. The van der Waals surface area contributed by atoms with Gasteiger partial charge in [0, 0.05) is 19.3 Å². The number of hydrogen-bond acceptors (Lipinski definition) is 5. The molecule has 1 heterocycles. The van der Waals surface area contributed by atoms with Gasteiger partial charge in [0.15, 0.2) is 5.16 Å². The Labute approximate surface area is 160 Å². The van der Waals surface area contributed by atoms with Crippen LogP contribution in [0.3, 0.4) is 0 Å². The van der Waals surface area contributed by atoms with E-state index in [0.29, 0.717) is 17.4 Å². The number of halogens is 1. The molecule has 0 bridgehead atoms. The summed E-state index contributed by atoms with van der Waals surface area (Å²) in [4.78, 5) is 37.2. The number of likely N-dealkylation sites (N-methyl/N-ethyl adjacent to an activating group) is 1. The maximum atomic E-state index is 12.9. The van der Waals surface area contributed by atoms with Gasteiger partial charge >= 0.3 is 5.69 Å². The van der Waals surface area contributed by atoms with Crippen molar-refractivity contribution in [2.45, 2.75) is 31.5 Å². The fourth-order valence-corrected chi connectivity index (χ4v) is 3.11. The van der Waals surface area contributed by atoms with Gasteiger partial charge in [0.25, 0.3) is 0 Å². The van der Waals surface area contributed by atoms with Gasteiger partial charge in [-0.2, -0.15) is 0 Å². The summed E-state index contributed by atoms with van der Waals surface area (Å²) in [7, 11) is 1.52. The molecule has 146 valence electrons. The quantitative estimate of drug-likeness (QED) is 0.630. The molecule has 0 fully saturated rings. The van der Waals surface area contributed by atoms with Crippen LogP contribution in [0.4, 0.5) is 10.1 Å². The van der Waals surface area contributed by atoms with E-state index in [0.717, 1.165) is 24.6 Å². The zero-order chi connectivity index (χ0) is 19.8. The number of nitrogens with one attached hydrogen (secondary N) is 2. The van der Waals surface area contributed by atoms with Crippen LogP contribution in [0.25, 0.3) is 0 Å². The summed E-state index contributed by atoms with van der Waals surface area (Å²) < 4.78 is 14.4. The van der Waals surface area contributed by atoms with Crippen LogP contribution in [0.1, 0.15) is 19.8 Å². The highest BCUT2D eigenvalue weighted by atomic mass is 32.2. The Morgan fingerprint density at radius 1 is 1.33 bits per heavy atom. The number of H-pyrrole nitrogens is 1. The molecule has 0 spiro atoms. The number of amides is 2. The number of anilines is 1. The Balaban J connectivity index is 1.84. The third-order valence-corrected chi connectivity index (χ3v) is 4.68. The van der Waals surface area contributed by atoms with Crippen molar-refractivity contribution < 1.29 is 14.0 Å². The van der Waals surface area contributed by atoms with E-state index >= 15 is 0 Å². The second-order valence-corrected chi connectivity index (χ2v) is 6.85. The highest BCUT2D eigenvalue weighted by Gasteiger charge is 2.16. The third-order valence-electron chi connectivity index (χ3n) is 3.72. The number of carbonyl (C=O) groups excluding carboxylic acids is 2. The summed E-state index contributed by atoms with van der Waals surface area (Å²) in [6.07, 6.45) is 1.77. The molecule has 0 saturated carbocycles. The van der Waals surface area contributed by atoms with Crippen LogP contribution in [-0.4, -0.2) is 50.8 Å². The van der Waals surface area contributed by atoms with E-state index in [1.54, 1.807) is 0 Å². The number of unbranched alkanes of at least 4 members (excludes halogenated alkanes) is 1. The van der Waals surface area contributed by atoms with Gasteiger partial charge in [-0.05, 0) is 30.7 Å². The standard InChI is InChI=1S/C17H22FN5O3S/c1-3-4-9-23-16(26)20-21-17(23)27-11-15(25)22(2)10-14(24)19-13-7-5-12(18)6-8-13/h5-8H,3-4,9-11H2,1-2H3,(H,19,24)(H,20,26). The number of carbonyl (C=O) groups is 2. The van der Waals surface area contributed by atoms with Crippen LogP contribution in [0.15, 0.2) is 34.2 Å². The predicted octanol–water partition coefficient (Wildman–Crippen LogP) is 1.70. The molecular formula is C17H22FN5O3S. The maximum absolute atomic E-state index is 12.9. The third kappa shape index (κ3) is 6.24. The topological polar surface area (TPSA) is 100 Å². The van der Waals surface area contributed by atoms with Crippen LogP contribution >= 0.6 is 11.8 Å². The molecule has 1 aromatic carbocycles. The lowest BCUT2D eigenvalue weighted by molar-refractivity contribution is -0.131. The summed E-state index contributed by atoms with van der Waals surface area (Å²) in [5.41, 5.74) is 0.151. The van der Waals surface area contributed by atoms with Crippen molar-refractivity contribution in [1.82, 2.24) is 19.7 Å². The number of thioether (sulfide) groups is 1. The van der Waals surface area contributed by atoms with E-state index in [2.05, 4.69) is 15.5 Å². The summed E-state index contributed by atoms with van der Waals surface area (Å²) >= 11 is 1.14. The van der Waals surface area contributed by atoms with Crippen LogP contribution in [-0.2, 0) is 16.1 Å². The first-order valence-corrected chi connectivity index (χ1v) is 9.46. The molecule has 8 nitrogen and oxygen atoms in total. The van der Waals surface area contributed by atoms with Gasteiger partial charge in [-0.25, -0.2) is 14.3 Å². The van der Waals surface area contributed by atoms with Gasteiger partial charge < -0.3 is 10.2 Å². The SMILES string of the molecule is CCCCn1c(SCC(=O)N(C)CC(=O)Nc2ccc(F)cc2)n[nH]c1=O. The van der Waals surface area contributed by atoms with Crippen molar-refractivity contribution in [3.63, 3.8) is 0 Å². The zero-order valence-electron chi connectivity index (χ0n) is 15.2. The number of benzene rings is 1. The van der Waals surface area contributed by atoms with Crippen molar-refractivity contribution in [2.24, 2.45) is 0 Å². The lowest BCUT2D eigenvalue weighted by Crippen LogP contribution is -2.36. The minimum atomic E-state index is -0.395. The van der Waals surface area contributed by atoms with Crippen LogP contribution in [0.5, 0.6) is 0 Å². The first-order valence-electron chi connectivity index (χ1n) is 8.48. The molecule has 2 aromatic rings. The average molecular weight is 395 g/mol. The number of aromatic amines is 1. The highest BCUT2D eigenvalue weighted by molar-refractivity contribution is 7.99. The maximum Gasteiger partial charge on any atom is 0.343 e. The lowest BCUT2D eigenvalue weighted by Gasteiger charge is -2.16. The number of aromatic nitrogens is 3. The fraction of sp³-hybridized carbons (Fsp3) is 0.412. The number of hydrogen-bond donors (Lipinski definition) is 2. The summed E-state index contributed by atoms with van der Waals surface area (Å²) in [6.45, 7) is 2.42. The Hall–Kier alpha value is -2.62. The second-order valence-electron chi connectivity index (χ2n) is 5.91. The first-order chi connectivity index (χ1) is 12.9. The monoisotopic (exact) mass is 395 g/mol. The van der Waals surface area contributed by atoms with Crippen LogP contribution < -0.4 is 11.0 Å². The largest absolute Gasteiger partial charge is 0.343 e. The van der Waals surface area contributed by atoms with Gasteiger partial charge in [-0.3, -0.25) is 14.2 Å². The van der Waals surface area contributed by atoms with Crippen molar-refractivity contribution in [3.8, 4) is 0 Å². The van der Waals surface area contributed by atoms with Crippen molar-refractivity contribution in [1.29, 1.82) is 0 Å². The lowest BCUT2D eigenvalue weighted by atomic mass is 10.3. The van der Waals surface area contributed by atoms with Crippen molar-refractivity contribution >= 4 is 29.3 Å². The van der Waals surface area contributed by atoms with Crippen LogP contribution in [0, 0.1) is 5.82 Å². The molecular weight excluding hydrogens is 373 g/mol. The Bertz CT molecular complexity index is 834.